The van der Waals surface area contributed by atoms with Crippen LogP contribution in [0.2, 0.25) is 0 Å². The van der Waals surface area contributed by atoms with Gasteiger partial charge in [0.25, 0.3) is 11.6 Å². The fraction of sp³-hybridized carbons (Fsp3) is 0.429. The maximum absolute atomic E-state index is 12.1. The van der Waals surface area contributed by atoms with Gasteiger partial charge in [0.15, 0.2) is 0 Å². The van der Waals surface area contributed by atoms with E-state index in [1.54, 1.807) is 6.92 Å². The topological polar surface area (TPSA) is 110 Å². The number of nitro benzene ring substituents is 1. The summed E-state index contributed by atoms with van der Waals surface area (Å²) in [5.41, 5.74) is 0.604. The van der Waals surface area contributed by atoms with Crippen molar-refractivity contribution in [2.75, 3.05) is 0 Å². The van der Waals surface area contributed by atoms with Gasteiger partial charge in [-0.2, -0.15) is 0 Å². The largest absolute Gasteiger partial charge is 0.481 e. The Kier molecular flexibility index (Phi) is 4.21. The molecule has 1 fully saturated rings. The molecule has 112 valence electrons. The summed E-state index contributed by atoms with van der Waals surface area (Å²) in [5.74, 6) is -1.69. The van der Waals surface area contributed by atoms with Crippen LogP contribution in [-0.2, 0) is 4.79 Å². The van der Waals surface area contributed by atoms with E-state index in [2.05, 4.69) is 5.32 Å². The van der Waals surface area contributed by atoms with Gasteiger partial charge < -0.3 is 10.4 Å². The first-order valence-corrected chi connectivity index (χ1v) is 6.67. The first-order chi connectivity index (χ1) is 9.88. The lowest BCUT2D eigenvalue weighted by atomic mass is 10.1. The number of aryl methyl sites for hydroxylation is 1. The predicted octanol–water partition coefficient (Wildman–Crippen LogP) is 1.89. The maximum atomic E-state index is 12.1. The zero-order valence-corrected chi connectivity index (χ0v) is 11.5. The summed E-state index contributed by atoms with van der Waals surface area (Å²) in [4.78, 5) is 33.3. The average Bonchev–Trinajstić information content (AvgIpc) is 2.87. The molecular formula is C14H16N2O5. The summed E-state index contributed by atoms with van der Waals surface area (Å²) in [6.07, 6.45) is 1.54. The van der Waals surface area contributed by atoms with Crippen LogP contribution in [-0.4, -0.2) is 27.9 Å². The van der Waals surface area contributed by atoms with Crippen LogP contribution >= 0.6 is 0 Å². The van der Waals surface area contributed by atoms with E-state index >= 15 is 0 Å². The van der Waals surface area contributed by atoms with E-state index in [0.717, 1.165) is 0 Å². The van der Waals surface area contributed by atoms with Gasteiger partial charge in [0.1, 0.15) is 0 Å². The molecule has 7 heteroatoms. The monoisotopic (exact) mass is 292 g/mol. The second-order valence-corrected chi connectivity index (χ2v) is 5.28. The molecule has 0 aromatic heterocycles. The Bertz CT molecular complexity index is 599. The minimum absolute atomic E-state index is 0.0996. The molecule has 0 radical (unpaired) electrons. The van der Waals surface area contributed by atoms with Crippen LogP contribution in [0.25, 0.3) is 0 Å². The number of carbonyl (C=O) groups excluding carboxylic acids is 1. The number of nitrogens with zero attached hydrogens (tertiary/aromatic N) is 1. The molecule has 0 unspecified atom stereocenters. The van der Waals surface area contributed by atoms with Gasteiger partial charge in [0, 0.05) is 23.2 Å². The highest BCUT2D eigenvalue weighted by molar-refractivity contribution is 5.95. The van der Waals surface area contributed by atoms with Crippen molar-refractivity contribution in [2.24, 2.45) is 5.92 Å². The Morgan fingerprint density at radius 1 is 1.38 bits per heavy atom. The molecule has 2 atom stereocenters. The molecule has 7 nitrogen and oxygen atoms in total. The molecule has 1 aromatic rings. The van der Waals surface area contributed by atoms with E-state index in [1.807, 2.05) is 0 Å². The van der Waals surface area contributed by atoms with Crippen LogP contribution in [0.1, 0.15) is 35.2 Å². The first-order valence-electron chi connectivity index (χ1n) is 6.67. The summed E-state index contributed by atoms with van der Waals surface area (Å²) in [5, 5.41) is 22.5. The third kappa shape index (κ3) is 3.36. The highest BCUT2D eigenvalue weighted by Gasteiger charge is 2.30. The lowest BCUT2D eigenvalue weighted by molar-refractivity contribution is -0.385. The third-order valence-electron chi connectivity index (χ3n) is 3.79. The van der Waals surface area contributed by atoms with E-state index in [9.17, 15) is 19.7 Å². The molecule has 0 spiro atoms. The van der Waals surface area contributed by atoms with Crippen molar-refractivity contribution in [1.82, 2.24) is 5.32 Å². The Hall–Kier alpha value is -2.44. The summed E-state index contributed by atoms with van der Waals surface area (Å²) < 4.78 is 0. The summed E-state index contributed by atoms with van der Waals surface area (Å²) in [6, 6.07) is 4.11. The first kappa shape index (κ1) is 15.0. The fourth-order valence-electron chi connectivity index (χ4n) is 2.55. The molecule has 1 aromatic carbocycles. The number of carbonyl (C=O) groups is 2. The van der Waals surface area contributed by atoms with Crippen LogP contribution in [0, 0.1) is 23.0 Å². The van der Waals surface area contributed by atoms with Gasteiger partial charge in [-0.1, -0.05) is 6.07 Å². The van der Waals surface area contributed by atoms with Gasteiger partial charge in [0.05, 0.1) is 10.8 Å². The number of hydrogen-bond donors (Lipinski definition) is 2. The Morgan fingerprint density at radius 2 is 2.10 bits per heavy atom. The summed E-state index contributed by atoms with van der Waals surface area (Å²) in [6.45, 7) is 1.61. The Balaban J connectivity index is 2.06. The van der Waals surface area contributed by atoms with E-state index < -0.39 is 22.7 Å². The number of nitrogens with one attached hydrogen (secondary N) is 1. The number of amides is 1. The van der Waals surface area contributed by atoms with Crippen molar-refractivity contribution < 1.29 is 19.6 Å². The minimum atomic E-state index is -0.849. The number of rotatable bonds is 4. The second kappa shape index (κ2) is 5.90. The zero-order chi connectivity index (χ0) is 15.6. The molecule has 2 rings (SSSR count). The number of aliphatic carboxylic acids is 1. The van der Waals surface area contributed by atoms with Gasteiger partial charge in [-0.15, -0.1) is 0 Å². The molecule has 1 amide bonds. The average molecular weight is 292 g/mol. The van der Waals surface area contributed by atoms with E-state index in [4.69, 9.17) is 5.11 Å². The molecule has 2 N–H and O–H groups in total. The van der Waals surface area contributed by atoms with Crippen molar-refractivity contribution in [3.63, 3.8) is 0 Å². The highest BCUT2D eigenvalue weighted by atomic mass is 16.6. The van der Waals surface area contributed by atoms with Gasteiger partial charge in [0.2, 0.25) is 0 Å². The van der Waals surface area contributed by atoms with Gasteiger partial charge >= 0.3 is 5.97 Å². The van der Waals surface area contributed by atoms with Gasteiger partial charge in [-0.05, 0) is 32.3 Å². The molecule has 1 aliphatic rings. The SMILES string of the molecule is Cc1ccc(C(=O)N[C@@H]2CC[C@H](C(=O)O)C2)cc1[N+](=O)[O-]. The van der Waals surface area contributed by atoms with Gasteiger partial charge in [-0.25, -0.2) is 0 Å². The van der Waals surface area contributed by atoms with Crippen LogP contribution in [0.3, 0.4) is 0 Å². The molecule has 0 saturated heterocycles. The standard InChI is InChI=1S/C14H16N2O5/c1-8-2-3-9(7-12(8)16(20)21)13(17)15-11-5-4-10(6-11)14(18)19/h2-3,7,10-11H,4-6H2,1H3,(H,15,17)(H,18,19)/t10-,11+/m0/s1. The lowest BCUT2D eigenvalue weighted by Crippen LogP contribution is -2.33. The molecule has 0 bridgehead atoms. The minimum Gasteiger partial charge on any atom is -0.481 e. The highest BCUT2D eigenvalue weighted by Crippen LogP contribution is 2.26. The summed E-state index contributed by atoms with van der Waals surface area (Å²) in [7, 11) is 0. The van der Waals surface area contributed by atoms with Crippen molar-refractivity contribution in [3.05, 3.63) is 39.4 Å². The second-order valence-electron chi connectivity index (χ2n) is 5.28. The predicted molar refractivity (Wildman–Crippen MR) is 74.1 cm³/mol. The van der Waals surface area contributed by atoms with E-state index in [0.29, 0.717) is 24.8 Å². The number of carboxylic acid groups (broad SMARTS) is 1. The third-order valence-corrected chi connectivity index (χ3v) is 3.79. The fourth-order valence-corrected chi connectivity index (χ4v) is 2.55. The number of nitro groups is 1. The molecule has 1 saturated carbocycles. The number of carboxylic acids is 1. The quantitative estimate of drug-likeness (QED) is 0.650. The van der Waals surface area contributed by atoms with Crippen molar-refractivity contribution in [1.29, 1.82) is 0 Å². The van der Waals surface area contributed by atoms with Crippen LogP contribution in [0.5, 0.6) is 0 Å². The normalized spacial score (nSPS) is 21.0. The smallest absolute Gasteiger partial charge is 0.306 e. The van der Waals surface area contributed by atoms with Crippen molar-refractivity contribution in [3.8, 4) is 0 Å². The molecule has 21 heavy (non-hydrogen) atoms. The number of benzene rings is 1. The Morgan fingerprint density at radius 3 is 2.67 bits per heavy atom. The lowest BCUT2D eigenvalue weighted by Gasteiger charge is -2.12. The maximum Gasteiger partial charge on any atom is 0.306 e. The van der Waals surface area contributed by atoms with Crippen LogP contribution < -0.4 is 5.32 Å². The number of hydrogen-bond acceptors (Lipinski definition) is 4. The molecule has 0 heterocycles. The molecule has 1 aliphatic carbocycles. The van der Waals surface area contributed by atoms with Crippen molar-refractivity contribution in [2.45, 2.75) is 32.2 Å². The van der Waals surface area contributed by atoms with Crippen molar-refractivity contribution >= 4 is 17.6 Å². The summed E-state index contributed by atoms with van der Waals surface area (Å²) >= 11 is 0. The molecular weight excluding hydrogens is 276 g/mol. The van der Waals surface area contributed by atoms with Crippen LogP contribution in [0.15, 0.2) is 18.2 Å². The Labute approximate surface area is 121 Å². The van der Waals surface area contributed by atoms with E-state index in [1.165, 1.54) is 18.2 Å². The molecule has 0 aliphatic heterocycles. The van der Waals surface area contributed by atoms with Crippen LogP contribution in [0.4, 0.5) is 5.69 Å². The van der Waals surface area contributed by atoms with E-state index in [-0.39, 0.29) is 17.3 Å². The van der Waals surface area contributed by atoms with Gasteiger partial charge in [-0.3, -0.25) is 19.7 Å². The zero-order valence-electron chi connectivity index (χ0n) is 11.5.